The maximum Gasteiger partial charge on any atom is 0.280 e. The first-order chi connectivity index (χ1) is 20.7. The minimum Gasteiger partial charge on any atom is -0.382 e. The first kappa shape index (κ1) is 28.9. The molecule has 3 aliphatic heterocycles. The molecule has 0 amide bonds. The van der Waals surface area contributed by atoms with E-state index in [-0.39, 0.29) is 40.7 Å². The Hall–Kier alpha value is -2.82. The van der Waals surface area contributed by atoms with Crippen LogP contribution < -0.4 is 17.0 Å². The number of aromatic amines is 1. The number of nitrogens with two attached hydrogens (primary N) is 2. The molecule has 18 nitrogen and oxygen atoms in total. The van der Waals surface area contributed by atoms with Crippen LogP contribution in [0.4, 0.5) is 20.5 Å². The number of nitrogens with zero attached hydrogens (tertiary/aromatic N) is 8. The second-order valence-electron chi connectivity index (χ2n) is 9.63. The number of halogens is 2. The van der Waals surface area contributed by atoms with E-state index in [1.54, 1.807) is 0 Å². The number of H-pyrrole nitrogens is 1. The summed E-state index contributed by atoms with van der Waals surface area (Å²) in [6.45, 7) is -2.59. The van der Waals surface area contributed by atoms with Crippen LogP contribution in [0.1, 0.15) is 11.6 Å². The summed E-state index contributed by atoms with van der Waals surface area (Å²) in [5.74, 6) is -1.10. The van der Waals surface area contributed by atoms with Crippen LogP contribution in [0.2, 0.25) is 0 Å². The second kappa shape index (κ2) is 11.3. The topological polar surface area (TPSA) is 238 Å². The van der Waals surface area contributed by atoms with Crippen molar-refractivity contribution in [2.75, 3.05) is 24.7 Å². The number of imidazole rings is 1. The van der Waals surface area contributed by atoms with Gasteiger partial charge in [-0.2, -0.15) is 9.67 Å². The Bertz CT molecular complexity index is 1720. The van der Waals surface area contributed by atoms with E-state index in [2.05, 4.69) is 47.5 Å². The van der Waals surface area contributed by atoms with Gasteiger partial charge < -0.3 is 39.8 Å². The van der Waals surface area contributed by atoms with Crippen LogP contribution in [0.15, 0.2) is 17.4 Å². The van der Waals surface area contributed by atoms with Gasteiger partial charge in [0.2, 0.25) is 13.5 Å². The standard InChI is InChI=1S/C20H22F2N11O7PS2/c21-7-5-1-36-20(35)39-18-8(22)11(17(43-18)32-4-27-10-14(32)28-19(24)29-15(10)34)40-41(42)37-2-6(5)38-16(7)33-13-9(30-31-33)12(23)25-3-26-13/h3-8,11,16-18,20,35,42H,1-2H2,(H2,23,25,26)(H3,24,28,29,34)/t5-,6-,7+,8-,11-,16-,17-,18?,20?,41?/m1/s1. The average molecular weight is 662 g/mol. The number of aliphatic hydroxyl groups is 1. The molecule has 0 aliphatic carbocycles. The van der Waals surface area contributed by atoms with E-state index in [1.807, 2.05) is 0 Å². The van der Waals surface area contributed by atoms with Crippen LogP contribution in [-0.2, 0) is 23.3 Å². The molecule has 4 aromatic rings. The predicted molar refractivity (Wildman–Crippen MR) is 147 cm³/mol. The zero-order valence-corrected chi connectivity index (χ0v) is 24.1. The summed E-state index contributed by atoms with van der Waals surface area (Å²) in [7, 11) is -2.08. The summed E-state index contributed by atoms with van der Waals surface area (Å²) >= 11 is 5.29. The van der Waals surface area contributed by atoms with Crippen LogP contribution in [-0.4, -0.2) is 99.3 Å². The molecule has 3 aliphatic rings. The zero-order valence-electron chi connectivity index (χ0n) is 21.5. The Morgan fingerprint density at radius 1 is 1.14 bits per heavy atom. The molecule has 4 aromatic heterocycles. The van der Waals surface area contributed by atoms with Gasteiger partial charge in [-0.15, -0.1) is 5.10 Å². The van der Waals surface area contributed by atoms with Gasteiger partial charge in [-0.1, -0.05) is 29.2 Å². The van der Waals surface area contributed by atoms with E-state index in [0.717, 1.165) is 16.4 Å². The second-order valence-corrected chi connectivity index (χ2v) is 12.8. The lowest BCUT2D eigenvalue weighted by Gasteiger charge is -2.25. The van der Waals surface area contributed by atoms with Crippen molar-refractivity contribution < 1.29 is 37.1 Å². The highest BCUT2D eigenvalue weighted by Gasteiger charge is 2.52. The maximum absolute atomic E-state index is 15.9. The van der Waals surface area contributed by atoms with Gasteiger partial charge in [-0.3, -0.25) is 14.3 Å². The number of nitrogen functional groups attached to an aromatic ring is 2. The number of alkyl halides is 2. The third kappa shape index (κ3) is 5.09. The van der Waals surface area contributed by atoms with E-state index in [1.165, 1.54) is 17.2 Å². The van der Waals surface area contributed by atoms with Crippen molar-refractivity contribution in [1.29, 1.82) is 0 Å². The molecule has 7 rings (SSSR count). The fraction of sp³-hybridized carbons (Fsp3) is 0.550. The predicted octanol–water partition coefficient (Wildman–Crippen LogP) is 0.161. The summed E-state index contributed by atoms with van der Waals surface area (Å²) in [6.07, 6.45) is -4.63. The SMILES string of the molecule is Nc1nc2c(ncn2[C@@H]2SC3OC(O)OC[C@H]4[C@H](F)[C@H](n5nnc6c(N)ncnc65)O[C@@H]4COP(S)O[C@@H]2[C@H]3F)c(=O)[nH]1. The summed E-state index contributed by atoms with van der Waals surface area (Å²) in [4.78, 5) is 30.8. The number of aliphatic hydroxyl groups excluding tert-OH is 1. The molecular weight excluding hydrogens is 639 g/mol. The van der Waals surface area contributed by atoms with Gasteiger partial charge in [0.1, 0.15) is 23.2 Å². The van der Waals surface area contributed by atoms with Gasteiger partial charge in [0, 0.05) is 5.92 Å². The lowest BCUT2D eigenvalue weighted by atomic mass is 10.0. The highest BCUT2D eigenvalue weighted by molar-refractivity contribution is 8.41. The number of aromatic nitrogens is 9. The Morgan fingerprint density at radius 3 is 2.81 bits per heavy atom. The quantitative estimate of drug-likeness (QED) is 0.142. The van der Waals surface area contributed by atoms with Gasteiger partial charge >= 0.3 is 0 Å². The average Bonchev–Trinajstić information content (AvgIpc) is 3.72. The van der Waals surface area contributed by atoms with E-state index in [0.29, 0.717) is 0 Å². The van der Waals surface area contributed by atoms with Crippen molar-refractivity contribution in [3.63, 3.8) is 0 Å². The number of thioether (sulfide) groups is 1. The zero-order chi connectivity index (χ0) is 30.0. The molecule has 3 saturated heterocycles. The molecule has 10 atom stereocenters. The van der Waals surface area contributed by atoms with Crippen molar-refractivity contribution in [3.05, 3.63) is 23.0 Å². The number of hydrogen-bond acceptors (Lipinski definition) is 17. The van der Waals surface area contributed by atoms with Gasteiger partial charge in [-0.05, 0) is 0 Å². The van der Waals surface area contributed by atoms with Crippen LogP contribution in [0.3, 0.4) is 0 Å². The monoisotopic (exact) mass is 661 g/mol. The van der Waals surface area contributed by atoms with E-state index < -0.39 is 73.7 Å². The van der Waals surface area contributed by atoms with Crippen LogP contribution >= 0.6 is 31.6 Å². The van der Waals surface area contributed by atoms with Gasteiger partial charge in [-0.25, -0.2) is 23.7 Å². The van der Waals surface area contributed by atoms with Gasteiger partial charge in [0.25, 0.3) is 12.0 Å². The Morgan fingerprint density at radius 2 is 1.98 bits per heavy atom. The number of fused-ring (bicyclic) bond motifs is 5. The molecule has 0 radical (unpaired) electrons. The Balaban J connectivity index is 1.15. The summed E-state index contributed by atoms with van der Waals surface area (Å²) in [5, 5.41) is 17.5. The third-order valence-electron chi connectivity index (χ3n) is 7.10. The largest absolute Gasteiger partial charge is 0.382 e. The molecule has 0 aromatic carbocycles. The summed E-state index contributed by atoms with van der Waals surface area (Å²) in [5.41, 5.74) is 10.0. The normalized spacial score (nSPS) is 35.4. The van der Waals surface area contributed by atoms with Crippen LogP contribution in [0.25, 0.3) is 22.3 Å². The minimum absolute atomic E-state index is 0.0236. The molecule has 3 fully saturated rings. The summed E-state index contributed by atoms with van der Waals surface area (Å²) < 4.78 is 62.6. The van der Waals surface area contributed by atoms with Crippen molar-refractivity contribution in [2.45, 2.75) is 48.1 Å². The van der Waals surface area contributed by atoms with Crippen LogP contribution in [0.5, 0.6) is 0 Å². The Labute approximate surface area is 248 Å². The third-order valence-corrected chi connectivity index (χ3v) is 9.94. The fourth-order valence-corrected chi connectivity index (χ4v) is 7.84. The molecule has 0 spiro atoms. The fourth-order valence-electron chi connectivity index (χ4n) is 5.07. The van der Waals surface area contributed by atoms with Crippen molar-refractivity contribution in [3.8, 4) is 0 Å². The van der Waals surface area contributed by atoms with E-state index in [9.17, 15) is 9.90 Å². The Kier molecular flexibility index (Phi) is 7.58. The molecule has 2 bridgehead atoms. The lowest BCUT2D eigenvalue weighted by molar-refractivity contribution is -0.280. The molecule has 43 heavy (non-hydrogen) atoms. The maximum atomic E-state index is 15.9. The number of ether oxygens (including phenoxy) is 3. The van der Waals surface area contributed by atoms with Gasteiger partial charge in [0.05, 0.1) is 25.6 Å². The van der Waals surface area contributed by atoms with E-state index in [4.69, 9.17) is 34.7 Å². The molecule has 230 valence electrons. The van der Waals surface area contributed by atoms with E-state index >= 15 is 8.78 Å². The number of hydrogen-bond donors (Lipinski definition) is 5. The number of anilines is 2. The van der Waals surface area contributed by atoms with Crippen molar-refractivity contribution in [2.24, 2.45) is 5.92 Å². The number of nitrogens with one attached hydrogen (secondary N) is 1. The molecule has 23 heteroatoms. The number of rotatable bonds is 2. The molecule has 7 heterocycles. The molecule has 0 saturated carbocycles. The lowest BCUT2D eigenvalue weighted by Crippen LogP contribution is -2.35. The first-order valence-corrected chi connectivity index (χ1v) is 15.8. The highest BCUT2D eigenvalue weighted by Crippen LogP contribution is 2.55. The molecule has 6 N–H and O–H groups in total. The highest BCUT2D eigenvalue weighted by atomic mass is 32.7. The smallest absolute Gasteiger partial charge is 0.280 e. The number of thiol groups is 1. The molecular formula is C20H22F2N11O7PS2. The van der Waals surface area contributed by atoms with Gasteiger partial charge in [0.15, 0.2) is 46.7 Å². The molecule has 3 unspecified atom stereocenters. The first-order valence-electron chi connectivity index (χ1n) is 12.6. The minimum atomic E-state index is -2.08. The van der Waals surface area contributed by atoms with Crippen LogP contribution in [0, 0.1) is 5.92 Å². The van der Waals surface area contributed by atoms with Crippen molar-refractivity contribution >= 4 is 65.7 Å². The van der Waals surface area contributed by atoms with Crippen molar-refractivity contribution in [1.82, 2.24) is 44.5 Å². The summed E-state index contributed by atoms with van der Waals surface area (Å²) in [6, 6.07) is 0.